The Labute approximate surface area is 194 Å². The maximum Gasteiger partial charge on any atom is 0.300 e. The van der Waals surface area contributed by atoms with Gasteiger partial charge in [0.1, 0.15) is 23.3 Å². The van der Waals surface area contributed by atoms with Gasteiger partial charge in [0.25, 0.3) is 11.7 Å². The van der Waals surface area contributed by atoms with Gasteiger partial charge in [0.2, 0.25) is 0 Å². The molecule has 1 unspecified atom stereocenters. The number of amides is 1. The molecule has 4 rings (SSSR count). The minimum atomic E-state index is -0.978. The van der Waals surface area contributed by atoms with Gasteiger partial charge in [-0.3, -0.25) is 14.5 Å². The summed E-state index contributed by atoms with van der Waals surface area (Å²) in [4.78, 5) is 27.6. The molecule has 0 saturated carbocycles. The van der Waals surface area contributed by atoms with Crippen molar-refractivity contribution in [3.05, 3.63) is 87.3 Å². The number of benzene rings is 2. The van der Waals surface area contributed by atoms with E-state index in [4.69, 9.17) is 32.4 Å². The summed E-state index contributed by atoms with van der Waals surface area (Å²) in [6.45, 7) is 3.98. The number of ketones is 1. The molecule has 8 heteroatoms. The highest BCUT2D eigenvalue weighted by molar-refractivity contribution is 6.52. The van der Waals surface area contributed by atoms with E-state index in [0.29, 0.717) is 33.8 Å². The average molecular weight is 472 g/mol. The normalized spacial score (nSPS) is 17.8. The molecule has 2 heterocycles. The first kappa shape index (κ1) is 22.0. The number of aliphatic hydroxyl groups excluding tert-OH is 1. The second-order valence-electron chi connectivity index (χ2n) is 7.19. The fraction of sp³-hybridized carbons (Fsp3) is 0.167. The SMILES string of the molecule is CCOc1cc(/C(O)=C2/C(=O)C(=O)N(c3cc(Cl)ccc3C)C2c2ccco2)ccc1Cl. The first-order chi connectivity index (χ1) is 15.3. The molecule has 164 valence electrons. The number of nitrogens with zero attached hydrogens (tertiary/aromatic N) is 1. The van der Waals surface area contributed by atoms with Crippen LogP contribution in [0.2, 0.25) is 10.0 Å². The number of anilines is 1. The lowest BCUT2D eigenvalue weighted by molar-refractivity contribution is -0.132. The third kappa shape index (κ3) is 3.76. The largest absolute Gasteiger partial charge is 0.507 e. The molecule has 0 spiro atoms. The third-order valence-electron chi connectivity index (χ3n) is 5.19. The van der Waals surface area contributed by atoms with E-state index < -0.39 is 17.7 Å². The van der Waals surface area contributed by atoms with Crippen LogP contribution in [0.25, 0.3) is 5.76 Å². The number of aliphatic hydroxyl groups is 1. The first-order valence-corrected chi connectivity index (χ1v) is 10.6. The van der Waals surface area contributed by atoms with Gasteiger partial charge in [-0.25, -0.2) is 0 Å². The summed E-state index contributed by atoms with van der Waals surface area (Å²) in [6, 6.07) is 12.0. The van der Waals surface area contributed by atoms with E-state index in [0.717, 1.165) is 5.56 Å². The Morgan fingerprint density at radius 1 is 1.16 bits per heavy atom. The van der Waals surface area contributed by atoms with Crippen LogP contribution < -0.4 is 9.64 Å². The van der Waals surface area contributed by atoms with Gasteiger partial charge < -0.3 is 14.3 Å². The van der Waals surface area contributed by atoms with Crippen molar-refractivity contribution >= 4 is 46.3 Å². The summed E-state index contributed by atoms with van der Waals surface area (Å²) in [6.07, 6.45) is 1.44. The second-order valence-corrected chi connectivity index (χ2v) is 8.04. The monoisotopic (exact) mass is 471 g/mol. The fourth-order valence-corrected chi connectivity index (χ4v) is 4.05. The summed E-state index contributed by atoms with van der Waals surface area (Å²) in [5.74, 6) is -1.31. The van der Waals surface area contributed by atoms with E-state index >= 15 is 0 Å². The molecule has 1 atom stereocenters. The zero-order valence-corrected chi connectivity index (χ0v) is 18.8. The second kappa shape index (κ2) is 8.73. The van der Waals surface area contributed by atoms with Gasteiger partial charge in [0.05, 0.1) is 23.5 Å². The summed E-state index contributed by atoms with van der Waals surface area (Å²) >= 11 is 12.3. The Bertz CT molecular complexity index is 1230. The highest BCUT2D eigenvalue weighted by atomic mass is 35.5. The number of halogens is 2. The Morgan fingerprint density at radius 2 is 1.94 bits per heavy atom. The van der Waals surface area contributed by atoms with E-state index in [1.165, 1.54) is 17.2 Å². The standard InChI is InChI=1S/C24H19Cl2NO5/c1-3-31-19-11-14(7-9-16(19)26)22(28)20-21(18-5-4-10-32-18)27(24(30)23(20)29)17-12-15(25)8-6-13(17)2/h4-12,21,28H,3H2,1-2H3/b22-20-. The smallest absolute Gasteiger partial charge is 0.300 e. The zero-order valence-electron chi connectivity index (χ0n) is 17.3. The Morgan fingerprint density at radius 3 is 2.62 bits per heavy atom. The first-order valence-electron chi connectivity index (χ1n) is 9.86. The molecule has 0 bridgehead atoms. The lowest BCUT2D eigenvalue weighted by atomic mass is 9.99. The van der Waals surface area contributed by atoms with Crippen LogP contribution in [0.4, 0.5) is 5.69 Å². The van der Waals surface area contributed by atoms with E-state index in [-0.39, 0.29) is 16.9 Å². The Balaban J connectivity index is 1.93. The number of hydrogen-bond acceptors (Lipinski definition) is 5. The van der Waals surface area contributed by atoms with E-state index in [1.54, 1.807) is 56.3 Å². The van der Waals surface area contributed by atoms with Gasteiger partial charge in [0, 0.05) is 16.3 Å². The number of rotatable bonds is 5. The number of carbonyl (C=O) groups is 2. The lowest BCUT2D eigenvalue weighted by Gasteiger charge is -2.25. The van der Waals surface area contributed by atoms with Crippen molar-refractivity contribution in [3.8, 4) is 5.75 Å². The van der Waals surface area contributed by atoms with Crippen molar-refractivity contribution in [2.75, 3.05) is 11.5 Å². The van der Waals surface area contributed by atoms with Gasteiger partial charge >= 0.3 is 0 Å². The number of aryl methyl sites for hydroxylation is 1. The van der Waals surface area contributed by atoms with Crippen molar-refractivity contribution < 1.29 is 23.8 Å². The number of hydrogen-bond donors (Lipinski definition) is 1. The van der Waals surface area contributed by atoms with Gasteiger partial charge in [-0.05, 0) is 61.9 Å². The van der Waals surface area contributed by atoms with E-state index in [2.05, 4.69) is 0 Å². The van der Waals surface area contributed by atoms with Crippen molar-refractivity contribution in [3.63, 3.8) is 0 Å². The number of furan rings is 1. The summed E-state index contributed by atoms with van der Waals surface area (Å²) in [5, 5.41) is 11.9. The summed E-state index contributed by atoms with van der Waals surface area (Å²) < 4.78 is 11.1. The topological polar surface area (TPSA) is 80.0 Å². The van der Waals surface area contributed by atoms with Crippen molar-refractivity contribution in [2.24, 2.45) is 0 Å². The van der Waals surface area contributed by atoms with E-state index in [1.807, 2.05) is 0 Å². The van der Waals surface area contributed by atoms with Gasteiger partial charge in [-0.15, -0.1) is 0 Å². The molecule has 2 aromatic carbocycles. The number of ether oxygens (including phenoxy) is 1. The van der Waals surface area contributed by atoms with Crippen LogP contribution in [0.3, 0.4) is 0 Å². The minimum absolute atomic E-state index is 0.103. The highest BCUT2D eigenvalue weighted by Crippen LogP contribution is 2.44. The molecule has 1 N–H and O–H groups in total. The fourth-order valence-electron chi connectivity index (χ4n) is 3.71. The molecule has 3 aromatic rings. The van der Waals surface area contributed by atoms with Crippen LogP contribution in [0, 0.1) is 6.92 Å². The zero-order chi connectivity index (χ0) is 23.0. The van der Waals surface area contributed by atoms with Gasteiger partial charge in [-0.1, -0.05) is 29.3 Å². The van der Waals surface area contributed by atoms with Crippen molar-refractivity contribution in [1.29, 1.82) is 0 Å². The van der Waals surface area contributed by atoms with Crippen LogP contribution in [0.15, 0.2) is 64.8 Å². The van der Waals surface area contributed by atoms with Crippen molar-refractivity contribution in [2.45, 2.75) is 19.9 Å². The molecule has 1 amide bonds. The molecule has 1 aliphatic heterocycles. The van der Waals surface area contributed by atoms with Gasteiger partial charge in [-0.2, -0.15) is 0 Å². The molecule has 6 nitrogen and oxygen atoms in total. The van der Waals surface area contributed by atoms with Crippen LogP contribution in [-0.2, 0) is 9.59 Å². The van der Waals surface area contributed by atoms with E-state index in [9.17, 15) is 14.7 Å². The number of carbonyl (C=O) groups excluding carboxylic acids is 2. The summed E-state index contributed by atoms with van der Waals surface area (Å²) in [7, 11) is 0. The predicted molar refractivity (Wildman–Crippen MR) is 122 cm³/mol. The molecule has 1 aromatic heterocycles. The number of Topliss-reactive ketones (excluding diaryl/α,β-unsaturated/α-hetero) is 1. The van der Waals surface area contributed by atoms with Crippen LogP contribution >= 0.6 is 23.2 Å². The van der Waals surface area contributed by atoms with Gasteiger partial charge in [0.15, 0.2) is 0 Å². The van der Waals surface area contributed by atoms with Crippen molar-refractivity contribution in [1.82, 2.24) is 0 Å². The maximum absolute atomic E-state index is 13.1. The third-order valence-corrected chi connectivity index (χ3v) is 5.74. The molecular weight excluding hydrogens is 453 g/mol. The molecular formula is C24H19Cl2NO5. The minimum Gasteiger partial charge on any atom is -0.507 e. The lowest BCUT2D eigenvalue weighted by Crippen LogP contribution is -2.30. The molecule has 1 saturated heterocycles. The van der Waals surface area contributed by atoms with Crippen LogP contribution in [0.5, 0.6) is 5.75 Å². The maximum atomic E-state index is 13.1. The predicted octanol–water partition coefficient (Wildman–Crippen LogP) is 5.92. The molecule has 0 aliphatic carbocycles. The molecule has 32 heavy (non-hydrogen) atoms. The molecule has 0 radical (unpaired) electrons. The van der Waals surface area contributed by atoms with Crippen LogP contribution in [0.1, 0.15) is 29.9 Å². The Hall–Kier alpha value is -3.22. The molecule has 1 aliphatic rings. The molecule has 1 fully saturated rings. The summed E-state index contributed by atoms with van der Waals surface area (Å²) in [5.41, 5.74) is 1.37. The Kier molecular flexibility index (Phi) is 6.00. The highest BCUT2D eigenvalue weighted by Gasteiger charge is 2.48. The van der Waals surface area contributed by atoms with Crippen LogP contribution in [-0.4, -0.2) is 23.4 Å². The average Bonchev–Trinajstić information content (AvgIpc) is 3.38. The quantitative estimate of drug-likeness (QED) is 0.283.